The first kappa shape index (κ1) is 23.7. The highest BCUT2D eigenvalue weighted by molar-refractivity contribution is 9.10. The van der Waals surface area contributed by atoms with E-state index in [4.69, 9.17) is 16.3 Å². The van der Waals surface area contributed by atoms with Gasteiger partial charge in [0, 0.05) is 5.02 Å². The smallest absolute Gasteiger partial charge is 0.264 e. The van der Waals surface area contributed by atoms with Crippen LogP contribution in [0.4, 0.5) is 5.69 Å². The van der Waals surface area contributed by atoms with Crippen LogP contribution in [-0.2, 0) is 11.4 Å². The van der Waals surface area contributed by atoms with Crippen molar-refractivity contribution in [3.05, 3.63) is 110 Å². The van der Waals surface area contributed by atoms with Crippen LogP contribution in [0.15, 0.2) is 93.2 Å². The van der Waals surface area contributed by atoms with Gasteiger partial charge in [0.1, 0.15) is 12.4 Å². The molecule has 7 heteroatoms. The maximum Gasteiger partial charge on any atom is 0.264 e. The zero-order valence-corrected chi connectivity index (χ0v) is 21.9. The molecule has 35 heavy (non-hydrogen) atoms. The molecule has 1 aliphatic rings. The lowest BCUT2D eigenvalue weighted by Gasteiger charge is -2.11. The number of benzene rings is 4. The molecule has 1 heterocycles. The van der Waals surface area contributed by atoms with Gasteiger partial charge in [-0.2, -0.15) is 0 Å². The molecule has 1 N–H and O–H groups in total. The molecule has 0 aliphatic carbocycles. The Morgan fingerprint density at radius 2 is 1.86 bits per heavy atom. The summed E-state index contributed by atoms with van der Waals surface area (Å²) < 4.78 is 6.92. The molecule has 5 rings (SSSR count). The van der Waals surface area contributed by atoms with E-state index in [0.717, 1.165) is 32.6 Å². The summed E-state index contributed by atoms with van der Waals surface area (Å²) in [4.78, 5) is 17.6. The number of carbonyl (C=O) groups is 1. The van der Waals surface area contributed by atoms with E-state index < -0.39 is 0 Å². The van der Waals surface area contributed by atoms with Crippen LogP contribution in [-0.4, -0.2) is 11.1 Å². The van der Waals surface area contributed by atoms with E-state index in [-0.39, 0.29) is 5.91 Å². The normalized spacial score (nSPS) is 15.7. The monoisotopic (exact) mass is 562 g/mol. The van der Waals surface area contributed by atoms with Gasteiger partial charge in [0.05, 0.1) is 15.1 Å². The minimum atomic E-state index is -0.180. The molecule has 1 fully saturated rings. The number of carbonyl (C=O) groups excluding carboxylic acids is 1. The molecule has 0 bridgehead atoms. The van der Waals surface area contributed by atoms with E-state index in [2.05, 4.69) is 50.5 Å². The number of nitrogens with one attached hydrogen (secondary N) is 1. The summed E-state index contributed by atoms with van der Waals surface area (Å²) in [6.07, 6.45) is 1.84. The van der Waals surface area contributed by atoms with Gasteiger partial charge in [-0.1, -0.05) is 66.2 Å². The average molecular weight is 564 g/mol. The molecule has 174 valence electrons. The van der Waals surface area contributed by atoms with Crippen LogP contribution >= 0.6 is 39.3 Å². The van der Waals surface area contributed by atoms with Crippen molar-refractivity contribution in [3.8, 4) is 5.75 Å². The predicted molar refractivity (Wildman–Crippen MR) is 149 cm³/mol. The summed E-state index contributed by atoms with van der Waals surface area (Å²) in [7, 11) is 0. The van der Waals surface area contributed by atoms with Crippen molar-refractivity contribution < 1.29 is 9.53 Å². The summed E-state index contributed by atoms with van der Waals surface area (Å²) in [6, 6.07) is 25.8. The number of hydrogen-bond acceptors (Lipinski definition) is 4. The van der Waals surface area contributed by atoms with Gasteiger partial charge in [-0.15, -0.1) is 0 Å². The second-order valence-electron chi connectivity index (χ2n) is 7.98. The number of amidine groups is 1. The minimum Gasteiger partial charge on any atom is -0.488 e. The molecule has 0 atom stereocenters. The van der Waals surface area contributed by atoms with E-state index >= 15 is 0 Å². The third-order valence-corrected chi connectivity index (χ3v) is 7.57. The standard InChI is InChI=1S/C28H20BrClN2O2S/c1-17-23(30)10-5-11-24(17)31-28-32-27(33)26(35-28)15-18-12-13-25(22(29)14-18)34-16-20-8-4-7-19-6-2-3-9-21(19)20/h2-15H,16H2,1H3,(H,31,32,33)/b26-15+. The highest BCUT2D eigenvalue weighted by Crippen LogP contribution is 2.33. The first-order chi connectivity index (χ1) is 17.0. The maximum atomic E-state index is 12.5. The van der Waals surface area contributed by atoms with Gasteiger partial charge < -0.3 is 10.1 Å². The second kappa shape index (κ2) is 10.3. The molecule has 1 amide bonds. The number of thioether (sulfide) groups is 1. The van der Waals surface area contributed by atoms with Gasteiger partial charge in [0.2, 0.25) is 0 Å². The summed E-state index contributed by atoms with van der Waals surface area (Å²) in [5, 5.41) is 6.37. The Bertz CT molecular complexity index is 1510. The lowest BCUT2D eigenvalue weighted by molar-refractivity contribution is -0.115. The average Bonchev–Trinajstić information content (AvgIpc) is 3.20. The van der Waals surface area contributed by atoms with Crippen molar-refractivity contribution in [3.63, 3.8) is 0 Å². The van der Waals surface area contributed by atoms with Crippen molar-refractivity contribution in [2.24, 2.45) is 4.99 Å². The SMILES string of the molecule is Cc1c(Cl)cccc1N=C1NC(=O)/C(=C\c2ccc(OCc3cccc4ccccc34)c(Br)c2)S1. The van der Waals surface area contributed by atoms with Gasteiger partial charge in [0.25, 0.3) is 5.91 Å². The first-order valence-electron chi connectivity index (χ1n) is 10.9. The number of ether oxygens (including phenoxy) is 1. The van der Waals surface area contributed by atoms with Crippen LogP contribution in [0, 0.1) is 6.92 Å². The Balaban J connectivity index is 1.31. The third kappa shape index (κ3) is 5.30. The second-order valence-corrected chi connectivity index (χ2v) is 10.3. The zero-order valence-electron chi connectivity index (χ0n) is 18.7. The van der Waals surface area contributed by atoms with Crippen LogP contribution < -0.4 is 10.1 Å². The topological polar surface area (TPSA) is 50.7 Å². The van der Waals surface area contributed by atoms with Gasteiger partial charge >= 0.3 is 0 Å². The fraction of sp³-hybridized carbons (Fsp3) is 0.0714. The number of halogens is 2. The van der Waals surface area contributed by atoms with Gasteiger partial charge in [-0.3, -0.25) is 4.79 Å². The Morgan fingerprint density at radius 3 is 2.71 bits per heavy atom. The summed E-state index contributed by atoms with van der Waals surface area (Å²) in [5.41, 5.74) is 3.61. The third-order valence-electron chi connectivity index (χ3n) is 5.63. The molecule has 0 aromatic heterocycles. The van der Waals surface area contributed by atoms with Crippen molar-refractivity contribution >= 4 is 72.9 Å². The van der Waals surface area contributed by atoms with Crippen LogP contribution in [0.1, 0.15) is 16.7 Å². The van der Waals surface area contributed by atoms with E-state index in [0.29, 0.717) is 21.7 Å². The zero-order chi connectivity index (χ0) is 24.4. The number of rotatable bonds is 5. The number of hydrogen-bond donors (Lipinski definition) is 1. The molecule has 4 nitrogen and oxygen atoms in total. The molecule has 0 spiro atoms. The van der Waals surface area contributed by atoms with Gasteiger partial charge in [0.15, 0.2) is 5.17 Å². The Morgan fingerprint density at radius 1 is 1.06 bits per heavy atom. The van der Waals surface area contributed by atoms with E-state index in [1.54, 1.807) is 0 Å². The van der Waals surface area contributed by atoms with Crippen molar-refractivity contribution in [1.29, 1.82) is 0 Å². The molecular formula is C28H20BrClN2O2S. The molecule has 4 aromatic rings. The summed E-state index contributed by atoms with van der Waals surface area (Å²) in [5.74, 6) is 0.558. The molecule has 0 unspecified atom stereocenters. The molecule has 1 saturated heterocycles. The lowest BCUT2D eigenvalue weighted by atomic mass is 10.1. The summed E-state index contributed by atoms with van der Waals surface area (Å²) >= 11 is 11.1. The van der Waals surface area contributed by atoms with E-state index in [1.807, 2.05) is 67.6 Å². The Labute approximate surface area is 221 Å². The van der Waals surface area contributed by atoms with Crippen molar-refractivity contribution in [2.75, 3.05) is 0 Å². The molecule has 0 saturated carbocycles. The van der Waals surface area contributed by atoms with Crippen LogP contribution in [0.2, 0.25) is 5.02 Å². The summed E-state index contributed by atoms with van der Waals surface area (Å²) in [6.45, 7) is 2.36. The molecule has 1 aliphatic heterocycles. The number of fused-ring (bicyclic) bond motifs is 1. The first-order valence-corrected chi connectivity index (χ1v) is 12.9. The maximum absolute atomic E-state index is 12.5. The number of aliphatic imine (C=N–C) groups is 1. The van der Waals surface area contributed by atoms with Crippen molar-refractivity contribution in [2.45, 2.75) is 13.5 Å². The molecular weight excluding hydrogens is 544 g/mol. The molecule has 4 aromatic carbocycles. The number of nitrogens with zero attached hydrogens (tertiary/aromatic N) is 1. The van der Waals surface area contributed by atoms with Gasteiger partial charge in [-0.25, -0.2) is 4.99 Å². The van der Waals surface area contributed by atoms with Crippen molar-refractivity contribution in [1.82, 2.24) is 5.32 Å². The Kier molecular flexibility index (Phi) is 6.95. The number of amides is 1. The quantitative estimate of drug-likeness (QED) is 0.250. The fourth-order valence-electron chi connectivity index (χ4n) is 3.76. The van der Waals surface area contributed by atoms with E-state index in [1.165, 1.54) is 22.5 Å². The predicted octanol–water partition coefficient (Wildman–Crippen LogP) is 8.03. The fourth-order valence-corrected chi connectivity index (χ4v) is 5.27. The highest BCUT2D eigenvalue weighted by atomic mass is 79.9. The van der Waals surface area contributed by atoms with Crippen LogP contribution in [0.3, 0.4) is 0 Å². The van der Waals surface area contributed by atoms with E-state index in [9.17, 15) is 4.79 Å². The molecule has 0 radical (unpaired) electrons. The Hall–Kier alpha value is -3.06. The largest absolute Gasteiger partial charge is 0.488 e. The highest BCUT2D eigenvalue weighted by Gasteiger charge is 2.24. The minimum absolute atomic E-state index is 0.180. The lowest BCUT2D eigenvalue weighted by Crippen LogP contribution is -2.19. The van der Waals surface area contributed by atoms with Gasteiger partial charge in [-0.05, 0) is 92.4 Å². The van der Waals surface area contributed by atoms with Crippen LogP contribution in [0.25, 0.3) is 16.8 Å². The van der Waals surface area contributed by atoms with Crippen LogP contribution in [0.5, 0.6) is 5.75 Å².